The lowest BCUT2D eigenvalue weighted by atomic mass is 10.00. The van der Waals surface area contributed by atoms with Gasteiger partial charge in [0.05, 0.1) is 24.3 Å². The number of morpholine rings is 1. The zero-order chi connectivity index (χ0) is 24.4. The first-order valence-corrected chi connectivity index (χ1v) is 12.3. The number of rotatable bonds is 7. The minimum atomic E-state index is -0.0219. The van der Waals surface area contributed by atoms with Crippen LogP contribution < -0.4 is 15.6 Å². The molecule has 3 aromatic rings. The second kappa shape index (κ2) is 10.1. The maximum Gasteiger partial charge on any atom is 0.242 e. The van der Waals surface area contributed by atoms with Gasteiger partial charge in [0.2, 0.25) is 11.8 Å². The predicted octanol–water partition coefficient (Wildman–Crippen LogP) is 4.13. The molecule has 1 fully saturated rings. The molecule has 8 heteroatoms. The minimum absolute atomic E-state index is 0.0219. The zero-order valence-electron chi connectivity index (χ0n) is 20.5. The van der Waals surface area contributed by atoms with Crippen LogP contribution in [-0.2, 0) is 9.53 Å². The fraction of sp³-hybridized carbons (Fsp3) is 0.407. The first-order chi connectivity index (χ1) is 17.0. The number of fused-ring (bicyclic) bond motifs is 1. The number of carbonyl (C=O) groups is 1. The van der Waals surface area contributed by atoms with E-state index in [-0.39, 0.29) is 18.1 Å². The lowest BCUT2D eigenvalue weighted by molar-refractivity contribution is -0.121. The molecular weight excluding hydrogens is 444 g/mol. The lowest BCUT2D eigenvalue weighted by Crippen LogP contribution is -2.46. The van der Waals surface area contributed by atoms with Crippen LogP contribution in [0.4, 0.5) is 0 Å². The molecule has 5 rings (SSSR count). The van der Waals surface area contributed by atoms with E-state index in [4.69, 9.17) is 13.9 Å². The Labute approximate surface area is 205 Å². The number of oxazole rings is 1. The summed E-state index contributed by atoms with van der Waals surface area (Å²) in [4.78, 5) is 18.7. The van der Waals surface area contributed by atoms with E-state index in [1.165, 1.54) is 0 Å². The molecule has 2 aliphatic rings. The molecule has 0 aliphatic carbocycles. The van der Waals surface area contributed by atoms with Crippen molar-refractivity contribution in [2.24, 2.45) is 0 Å². The number of hydrogen-bond donors (Lipinski definition) is 2. The van der Waals surface area contributed by atoms with Gasteiger partial charge in [0.25, 0.3) is 0 Å². The van der Waals surface area contributed by atoms with Crippen molar-refractivity contribution in [3.05, 3.63) is 53.6 Å². The van der Waals surface area contributed by atoms with Crippen molar-refractivity contribution in [2.75, 3.05) is 26.2 Å². The molecule has 0 radical (unpaired) electrons. The fourth-order valence-corrected chi connectivity index (χ4v) is 4.78. The molecule has 1 amide bonds. The summed E-state index contributed by atoms with van der Waals surface area (Å²) in [7, 11) is 0. The second-order valence-corrected chi connectivity index (χ2v) is 9.27. The Bertz CT molecular complexity index is 1220. The van der Waals surface area contributed by atoms with E-state index in [2.05, 4.69) is 41.5 Å². The van der Waals surface area contributed by atoms with E-state index >= 15 is 0 Å². The van der Waals surface area contributed by atoms with Gasteiger partial charge in [0, 0.05) is 30.8 Å². The van der Waals surface area contributed by atoms with Crippen LogP contribution in [0.3, 0.4) is 0 Å². The molecule has 3 heterocycles. The molecule has 2 N–H and O–H groups in total. The van der Waals surface area contributed by atoms with Crippen LogP contribution >= 0.6 is 0 Å². The summed E-state index contributed by atoms with van der Waals surface area (Å²) >= 11 is 0. The van der Waals surface area contributed by atoms with Gasteiger partial charge in [-0.1, -0.05) is 13.0 Å². The van der Waals surface area contributed by atoms with Crippen molar-refractivity contribution >= 4 is 22.7 Å². The van der Waals surface area contributed by atoms with Crippen molar-refractivity contribution in [2.45, 2.75) is 45.8 Å². The van der Waals surface area contributed by atoms with E-state index in [0.717, 1.165) is 59.7 Å². The predicted molar refractivity (Wildman–Crippen MR) is 134 cm³/mol. The van der Waals surface area contributed by atoms with Crippen molar-refractivity contribution in [1.29, 1.82) is 0 Å². The molecular formula is C27H32N4O4. The van der Waals surface area contributed by atoms with E-state index in [0.29, 0.717) is 24.5 Å². The van der Waals surface area contributed by atoms with Gasteiger partial charge in [-0.15, -0.1) is 0 Å². The van der Waals surface area contributed by atoms with Gasteiger partial charge in [0.15, 0.2) is 5.58 Å². The van der Waals surface area contributed by atoms with Crippen LogP contribution in [0.15, 0.2) is 52.5 Å². The van der Waals surface area contributed by atoms with Gasteiger partial charge in [0.1, 0.15) is 17.9 Å². The monoisotopic (exact) mass is 476 g/mol. The molecule has 1 saturated heterocycles. The summed E-state index contributed by atoms with van der Waals surface area (Å²) in [6.07, 6.45) is 1.72. The molecule has 8 nitrogen and oxygen atoms in total. The van der Waals surface area contributed by atoms with Gasteiger partial charge < -0.3 is 13.9 Å². The number of carbonyl (C=O) groups excluding carboxylic acids is 1. The van der Waals surface area contributed by atoms with Crippen LogP contribution in [0, 0.1) is 0 Å². The molecule has 2 unspecified atom stereocenters. The van der Waals surface area contributed by atoms with Crippen LogP contribution in [0.1, 0.15) is 39.2 Å². The number of nitrogens with zero attached hydrogens (tertiary/aromatic N) is 2. The molecule has 0 spiro atoms. The quantitative estimate of drug-likeness (QED) is 0.530. The van der Waals surface area contributed by atoms with Gasteiger partial charge in [-0.05, 0) is 62.2 Å². The Balaban J connectivity index is 1.25. The Hall–Kier alpha value is -3.36. The normalized spacial score (nSPS) is 21.2. The highest BCUT2D eigenvalue weighted by Gasteiger charge is 2.22. The Morgan fingerprint density at radius 1 is 1.06 bits per heavy atom. The number of hydrogen-bond acceptors (Lipinski definition) is 7. The molecule has 2 aliphatic heterocycles. The topological polar surface area (TPSA) is 88.9 Å². The third kappa shape index (κ3) is 5.33. The molecule has 2 aromatic carbocycles. The SMILES string of the molecule is CCC1=C(c2ccc3nc(-c4ccc(OCCN5CC(C)OC(C)C5)cc4)oc3c2)NNC(=O)C1. The Morgan fingerprint density at radius 2 is 1.80 bits per heavy atom. The highest BCUT2D eigenvalue weighted by atomic mass is 16.5. The van der Waals surface area contributed by atoms with Crippen molar-refractivity contribution in [3.8, 4) is 17.2 Å². The number of benzene rings is 2. The van der Waals surface area contributed by atoms with Crippen LogP contribution in [-0.4, -0.2) is 54.2 Å². The number of nitrogens with one attached hydrogen (secondary N) is 2. The molecule has 35 heavy (non-hydrogen) atoms. The largest absolute Gasteiger partial charge is 0.492 e. The smallest absolute Gasteiger partial charge is 0.242 e. The third-order valence-electron chi connectivity index (χ3n) is 6.43. The van der Waals surface area contributed by atoms with Crippen molar-refractivity contribution in [3.63, 3.8) is 0 Å². The van der Waals surface area contributed by atoms with Crippen LogP contribution in [0.2, 0.25) is 0 Å². The van der Waals surface area contributed by atoms with Crippen LogP contribution in [0.25, 0.3) is 28.3 Å². The molecule has 0 bridgehead atoms. The lowest BCUT2D eigenvalue weighted by Gasteiger charge is -2.35. The number of amides is 1. The summed E-state index contributed by atoms with van der Waals surface area (Å²) in [5.41, 5.74) is 11.1. The second-order valence-electron chi connectivity index (χ2n) is 9.27. The maximum atomic E-state index is 11.7. The van der Waals surface area contributed by atoms with Gasteiger partial charge in [-0.3, -0.25) is 20.5 Å². The van der Waals surface area contributed by atoms with E-state index < -0.39 is 0 Å². The summed E-state index contributed by atoms with van der Waals surface area (Å²) in [5.74, 6) is 1.37. The third-order valence-corrected chi connectivity index (χ3v) is 6.43. The maximum absolute atomic E-state index is 11.7. The number of aromatic nitrogens is 1. The first-order valence-electron chi connectivity index (χ1n) is 12.3. The van der Waals surface area contributed by atoms with Crippen LogP contribution in [0.5, 0.6) is 5.75 Å². The first kappa shape index (κ1) is 23.4. The van der Waals surface area contributed by atoms with Crippen molar-refractivity contribution in [1.82, 2.24) is 20.7 Å². The van der Waals surface area contributed by atoms with E-state index in [1.54, 1.807) is 0 Å². The summed E-state index contributed by atoms with van der Waals surface area (Å²) < 4.78 is 17.8. The molecule has 2 atom stereocenters. The summed E-state index contributed by atoms with van der Waals surface area (Å²) in [6, 6.07) is 13.7. The zero-order valence-corrected chi connectivity index (χ0v) is 20.5. The highest BCUT2D eigenvalue weighted by molar-refractivity contribution is 5.88. The average molecular weight is 477 g/mol. The van der Waals surface area contributed by atoms with E-state index in [1.807, 2.05) is 42.5 Å². The molecule has 184 valence electrons. The summed E-state index contributed by atoms with van der Waals surface area (Å²) in [6.45, 7) is 9.66. The minimum Gasteiger partial charge on any atom is -0.492 e. The number of ether oxygens (including phenoxy) is 2. The standard InChI is InChI=1S/C27H32N4O4/c1-4-19-14-25(32)29-30-26(19)21-7-10-23-24(13-21)35-27(28-23)20-5-8-22(9-6-20)33-12-11-31-15-17(2)34-18(3)16-31/h5-10,13,17-18,30H,4,11-12,14-16H2,1-3H3,(H,29,32). The molecule has 1 aromatic heterocycles. The van der Waals surface area contributed by atoms with Crippen molar-refractivity contribution < 1.29 is 18.7 Å². The number of hydrazine groups is 1. The van der Waals surface area contributed by atoms with E-state index in [9.17, 15) is 4.79 Å². The van der Waals surface area contributed by atoms with Gasteiger partial charge in [-0.2, -0.15) is 0 Å². The van der Waals surface area contributed by atoms with Gasteiger partial charge in [-0.25, -0.2) is 4.98 Å². The summed E-state index contributed by atoms with van der Waals surface area (Å²) in [5, 5.41) is 0. The fourth-order valence-electron chi connectivity index (χ4n) is 4.78. The Morgan fingerprint density at radius 3 is 2.54 bits per heavy atom. The van der Waals surface area contributed by atoms with Gasteiger partial charge >= 0.3 is 0 Å². The highest BCUT2D eigenvalue weighted by Crippen LogP contribution is 2.30. The Kier molecular flexibility index (Phi) is 6.74. The average Bonchev–Trinajstić information content (AvgIpc) is 3.27. The molecule has 0 saturated carbocycles.